The molecule has 0 unspecified atom stereocenters. The van der Waals surface area contributed by atoms with Crippen molar-refractivity contribution in [2.75, 3.05) is 11.9 Å². The van der Waals surface area contributed by atoms with E-state index in [0.717, 1.165) is 40.5 Å². The predicted octanol–water partition coefficient (Wildman–Crippen LogP) is 5.46. The van der Waals surface area contributed by atoms with Crippen LogP contribution >= 0.6 is 0 Å². The highest BCUT2D eigenvalue weighted by Gasteiger charge is 2.13. The van der Waals surface area contributed by atoms with Crippen LogP contribution in [-0.4, -0.2) is 44.6 Å². The minimum atomic E-state index is -1.12. The highest BCUT2D eigenvalue weighted by Crippen LogP contribution is 2.24. The van der Waals surface area contributed by atoms with Crippen molar-refractivity contribution in [1.82, 2.24) is 29.9 Å². The summed E-state index contributed by atoms with van der Waals surface area (Å²) >= 11 is 0. The molecule has 0 aliphatic heterocycles. The number of nitrogens with one attached hydrogen (secondary N) is 1. The Bertz CT molecular complexity index is 1230. The number of hydrogen-bond acceptors (Lipinski definition) is 7. The third-order valence-corrected chi connectivity index (χ3v) is 7.06. The van der Waals surface area contributed by atoms with Crippen LogP contribution in [0.3, 0.4) is 0 Å². The van der Waals surface area contributed by atoms with Crippen LogP contribution in [0.1, 0.15) is 25.3 Å². The lowest BCUT2D eigenvalue weighted by molar-refractivity contribution is 0.0798. The van der Waals surface area contributed by atoms with Gasteiger partial charge in [0.1, 0.15) is 12.5 Å². The van der Waals surface area contributed by atoms with Crippen LogP contribution < -0.4 is 5.32 Å². The molecule has 0 aliphatic carbocycles. The van der Waals surface area contributed by atoms with E-state index in [2.05, 4.69) is 59.1 Å². The molecule has 4 heterocycles. The Balaban J connectivity index is 1.53. The number of hydrogen-bond donors (Lipinski definition) is 1. The van der Waals surface area contributed by atoms with Crippen molar-refractivity contribution in [2.24, 2.45) is 0 Å². The van der Waals surface area contributed by atoms with Crippen LogP contribution in [0.15, 0.2) is 48.9 Å². The molecule has 4 rings (SSSR count). The number of fused-ring (bicyclic) bond motifs is 1. The Morgan fingerprint density at radius 3 is 2.67 bits per heavy atom. The van der Waals surface area contributed by atoms with E-state index < -0.39 is 8.07 Å². The first-order chi connectivity index (χ1) is 15.8. The average molecular weight is 462 g/mol. The lowest BCUT2D eigenvalue weighted by Crippen LogP contribution is -2.22. The molecule has 33 heavy (non-hydrogen) atoms. The van der Waals surface area contributed by atoms with E-state index in [-0.39, 0.29) is 0 Å². The van der Waals surface area contributed by atoms with Crippen molar-refractivity contribution < 1.29 is 4.74 Å². The van der Waals surface area contributed by atoms with E-state index >= 15 is 0 Å². The number of pyridine rings is 2. The minimum absolute atomic E-state index is 0.377. The van der Waals surface area contributed by atoms with E-state index in [1.807, 2.05) is 41.2 Å². The van der Waals surface area contributed by atoms with Crippen LogP contribution in [0.4, 0.5) is 11.6 Å². The topological polar surface area (TPSA) is 90.6 Å². The van der Waals surface area contributed by atoms with Crippen molar-refractivity contribution in [3.8, 4) is 11.3 Å². The van der Waals surface area contributed by atoms with Gasteiger partial charge in [0.15, 0.2) is 5.82 Å². The molecule has 0 aliphatic rings. The van der Waals surface area contributed by atoms with Crippen LogP contribution in [0, 0.1) is 0 Å². The van der Waals surface area contributed by atoms with Crippen molar-refractivity contribution in [3.05, 3.63) is 54.5 Å². The van der Waals surface area contributed by atoms with E-state index in [1.165, 1.54) is 0 Å². The molecule has 0 atom stereocenters. The zero-order valence-electron chi connectivity index (χ0n) is 19.9. The fraction of sp³-hybridized carbons (Fsp3) is 0.375. The summed E-state index contributed by atoms with van der Waals surface area (Å²) in [5, 5.41) is 16.0. The second-order valence-corrected chi connectivity index (χ2v) is 15.3. The van der Waals surface area contributed by atoms with Gasteiger partial charge in [-0.15, -0.1) is 5.10 Å². The first kappa shape index (κ1) is 23.0. The van der Waals surface area contributed by atoms with Gasteiger partial charge in [0.25, 0.3) is 0 Å². The van der Waals surface area contributed by atoms with Gasteiger partial charge in [-0.2, -0.15) is 10.2 Å². The zero-order valence-corrected chi connectivity index (χ0v) is 20.9. The van der Waals surface area contributed by atoms with Crippen molar-refractivity contribution in [2.45, 2.75) is 52.2 Å². The molecular formula is C24H31N7OSi. The lowest BCUT2D eigenvalue weighted by atomic mass is 10.1. The maximum Gasteiger partial charge on any atom is 0.154 e. The van der Waals surface area contributed by atoms with Gasteiger partial charge in [-0.05, 0) is 47.9 Å². The standard InChI is InChI=1S/C24H31N7OSi/c1-17(2)18-13-24(30-26-15-18)29-23-7-6-20-21(28-23)12-19(14-25-20)22-8-9-27-31(22)16-32-10-11-33(3,4)5/h6-9,12-15,17H,10-11,16H2,1-5H3,(H,28,29,30). The molecular weight excluding hydrogens is 430 g/mol. The molecule has 0 saturated heterocycles. The molecule has 0 aromatic carbocycles. The third kappa shape index (κ3) is 5.99. The minimum Gasteiger partial charge on any atom is -0.360 e. The lowest BCUT2D eigenvalue weighted by Gasteiger charge is -2.16. The number of nitrogens with zero attached hydrogens (tertiary/aromatic N) is 6. The number of aromatic nitrogens is 6. The largest absolute Gasteiger partial charge is 0.360 e. The van der Waals surface area contributed by atoms with Crippen LogP contribution in [0.5, 0.6) is 0 Å². The molecule has 0 spiro atoms. The Hall–Kier alpha value is -3.17. The van der Waals surface area contributed by atoms with E-state index in [0.29, 0.717) is 24.3 Å². The molecule has 4 aromatic heterocycles. The second-order valence-electron chi connectivity index (χ2n) is 9.68. The van der Waals surface area contributed by atoms with Crippen LogP contribution in [0.25, 0.3) is 22.3 Å². The highest BCUT2D eigenvalue weighted by atomic mass is 28.3. The van der Waals surface area contributed by atoms with E-state index in [4.69, 9.17) is 9.72 Å². The molecule has 1 N–H and O–H groups in total. The summed E-state index contributed by atoms with van der Waals surface area (Å²) < 4.78 is 7.76. The summed E-state index contributed by atoms with van der Waals surface area (Å²) in [7, 11) is -1.12. The summed E-state index contributed by atoms with van der Waals surface area (Å²) in [6, 6.07) is 11.0. The average Bonchev–Trinajstić information content (AvgIpc) is 3.24. The molecule has 0 radical (unpaired) electrons. The van der Waals surface area contributed by atoms with Gasteiger partial charge in [0, 0.05) is 32.6 Å². The molecule has 4 aromatic rings. The van der Waals surface area contributed by atoms with Gasteiger partial charge in [-0.3, -0.25) is 4.98 Å². The Morgan fingerprint density at radius 1 is 1.03 bits per heavy atom. The number of anilines is 2. The smallest absolute Gasteiger partial charge is 0.154 e. The third-order valence-electron chi connectivity index (χ3n) is 5.36. The highest BCUT2D eigenvalue weighted by molar-refractivity contribution is 6.76. The van der Waals surface area contributed by atoms with Crippen molar-refractivity contribution in [1.29, 1.82) is 0 Å². The van der Waals surface area contributed by atoms with E-state index in [1.54, 1.807) is 12.4 Å². The van der Waals surface area contributed by atoms with Gasteiger partial charge >= 0.3 is 0 Å². The van der Waals surface area contributed by atoms with Crippen molar-refractivity contribution >= 4 is 30.7 Å². The van der Waals surface area contributed by atoms with Gasteiger partial charge < -0.3 is 10.1 Å². The summed E-state index contributed by atoms with van der Waals surface area (Å²) in [5.41, 5.74) is 4.63. The second kappa shape index (κ2) is 9.76. The summed E-state index contributed by atoms with van der Waals surface area (Å²) in [6.07, 6.45) is 5.43. The first-order valence-corrected chi connectivity index (χ1v) is 15.0. The van der Waals surface area contributed by atoms with Gasteiger partial charge in [-0.25, -0.2) is 9.67 Å². The van der Waals surface area contributed by atoms with Gasteiger partial charge in [0.05, 0.1) is 22.9 Å². The Morgan fingerprint density at radius 2 is 1.88 bits per heavy atom. The van der Waals surface area contributed by atoms with Crippen LogP contribution in [0.2, 0.25) is 25.7 Å². The monoisotopic (exact) mass is 461 g/mol. The molecule has 9 heteroatoms. The first-order valence-electron chi connectivity index (χ1n) is 11.2. The Labute approximate surface area is 195 Å². The summed E-state index contributed by atoms with van der Waals surface area (Å²) in [6.45, 7) is 12.5. The normalized spacial score (nSPS) is 11.9. The predicted molar refractivity (Wildman–Crippen MR) is 134 cm³/mol. The van der Waals surface area contributed by atoms with Gasteiger partial charge in [0.2, 0.25) is 0 Å². The summed E-state index contributed by atoms with van der Waals surface area (Å²) in [5.74, 6) is 1.74. The quantitative estimate of drug-likeness (QED) is 0.261. The SMILES string of the molecule is CC(C)c1cnnc(Nc2ccc3ncc(-c4ccnn4COCC[Si](C)(C)C)cc3n2)c1. The molecule has 0 saturated carbocycles. The maximum atomic E-state index is 5.89. The Kier molecular flexibility index (Phi) is 6.80. The van der Waals surface area contributed by atoms with Gasteiger partial charge in [-0.1, -0.05) is 33.5 Å². The molecule has 8 nitrogen and oxygen atoms in total. The molecule has 0 fully saturated rings. The fourth-order valence-electron chi connectivity index (χ4n) is 3.32. The number of ether oxygens (including phenoxy) is 1. The van der Waals surface area contributed by atoms with Crippen LogP contribution in [-0.2, 0) is 11.5 Å². The maximum absolute atomic E-state index is 5.89. The molecule has 0 bridgehead atoms. The molecule has 172 valence electrons. The van der Waals surface area contributed by atoms with Crippen molar-refractivity contribution in [3.63, 3.8) is 0 Å². The fourth-order valence-corrected chi connectivity index (χ4v) is 4.07. The van der Waals surface area contributed by atoms with E-state index in [9.17, 15) is 0 Å². The number of rotatable bonds is 9. The zero-order chi connectivity index (χ0) is 23.4. The molecule has 0 amide bonds. The summed E-state index contributed by atoms with van der Waals surface area (Å²) in [4.78, 5) is 9.35.